The molecule has 0 saturated heterocycles. The van der Waals surface area contributed by atoms with Gasteiger partial charge in [0.1, 0.15) is 11.5 Å². The van der Waals surface area contributed by atoms with Crippen LogP contribution in [-0.4, -0.2) is 10.1 Å². The number of hydrogen-bond donors (Lipinski definition) is 1. The summed E-state index contributed by atoms with van der Waals surface area (Å²) in [7, 11) is 0. The lowest BCUT2D eigenvalue weighted by Gasteiger charge is -2.08. The number of rotatable bonds is 5. The first-order chi connectivity index (χ1) is 9.72. The van der Waals surface area contributed by atoms with E-state index >= 15 is 0 Å². The predicted molar refractivity (Wildman–Crippen MR) is 74.2 cm³/mol. The first kappa shape index (κ1) is 13.4. The Morgan fingerprint density at radius 3 is 2.85 bits per heavy atom. The third-order valence-electron chi connectivity index (χ3n) is 3.95. The molecule has 2 aromatic rings. The molecule has 1 saturated carbocycles. The van der Waals surface area contributed by atoms with Crippen molar-refractivity contribution in [2.75, 3.05) is 0 Å². The molecule has 20 heavy (non-hydrogen) atoms. The minimum atomic E-state index is 0.130. The molecular weight excluding hydrogens is 254 g/mol. The van der Waals surface area contributed by atoms with Crippen molar-refractivity contribution in [3.8, 4) is 0 Å². The van der Waals surface area contributed by atoms with E-state index in [2.05, 4.69) is 22.4 Å². The van der Waals surface area contributed by atoms with Gasteiger partial charge in [-0.3, -0.25) is 5.32 Å². The minimum absolute atomic E-state index is 0.130. The normalized spacial score (nSPS) is 17.7. The molecule has 0 amide bonds. The third-order valence-corrected chi connectivity index (χ3v) is 3.95. The fourth-order valence-electron chi connectivity index (χ4n) is 2.72. The lowest BCUT2D eigenvalue weighted by Crippen LogP contribution is -2.17. The zero-order valence-corrected chi connectivity index (χ0v) is 12.1. The first-order valence-corrected chi connectivity index (χ1v) is 7.34. The molecule has 1 aliphatic rings. The molecule has 1 atom stereocenters. The monoisotopic (exact) mass is 275 g/mol. The Morgan fingerprint density at radius 2 is 2.15 bits per heavy atom. The van der Waals surface area contributed by atoms with Crippen LogP contribution in [0.5, 0.6) is 0 Å². The van der Waals surface area contributed by atoms with Gasteiger partial charge in [0, 0.05) is 5.92 Å². The molecule has 2 aromatic heterocycles. The average Bonchev–Trinajstić information content (AvgIpc) is 3.16. The number of nitrogens with zero attached hydrogens (tertiary/aromatic N) is 2. The number of aryl methyl sites for hydroxylation is 1. The van der Waals surface area contributed by atoms with E-state index in [1.807, 2.05) is 19.1 Å². The van der Waals surface area contributed by atoms with Crippen molar-refractivity contribution in [2.45, 2.75) is 58.0 Å². The largest absolute Gasteiger partial charge is 0.465 e. The fourth-order valence-corrected chi connectivity index (χ4v) is 2.72. The SMILES string of the molecule is Cc1ccc(C(C)NCc2nc(C3CCCC3)no2)o1. The van der Waals surface area contributed by atoms with Gasteiger partial charge in [-0.05, 0) is 38.8 Å². The van der Waals surface area contributed by atoms with Crippen LogP contribution in [0.3, 0.4) is 0 Å². The van der Waals surface area contributed by atoms with Crippen LogP contribution in [-0.2, 0) is 6.54 Å². The molecule has 5 nitrogen and oxygen atoms in total. The van der Waals surface area contributed by atoms with Crippen LogP contribution in [0.1, 0.15) is 67.8 Å². The number of aromatic nitrogens is 2. The van der Waals surface area contributed by atoms with E-state index in [1.165, 1.54) is 25.7 Å². The second-order valence-corrected chi connectivity index (χ2v) is 5.58. The Kier molecular flexibility index (Phi) is 3.87. The molecule has 108 valence electrons. The summed E-state index contributed by atoms with van der Waals surface area (Å²) in [6, 6.07) is 4.09. The zero-order chi connectivity index (χ0) is 13.9. The van der Waals surface area contributed by atoms with E-state index in [-0.39, 0.29) is 6.04 Å². The lowest BCUT2D eigenvalue weighted by molar-refractivity contribution is 0.343. The molecule has 5 heteroatoms. The van der Waals surface area contributed by atoms with Crippen molar-refractivity contribution < 1.29 is 8.94 Å². The van der Waals surface area contributed by atoms with Gasteiger partial charge in [-0.1, -0.05) is 18.0 Å². The highest BCUT2D eigenvalue weighted by atomic mass is 16.5. The predicted octanol–water partition coefficient (Wildman–Crippen LogP) is 3.48. The number of nitrogens with one attached hydrogen (secondary N) is 1. The van der Waals surface area contributed by atoms with Crippen molar-refractivity contribution >= 4 is 0 Å². The fraction of sp³-hybridized carbons (Fsp3) is 0.600. The van der Waals surface area contributed by atoms with E-state index < -0.39 is 0 Å². The van der Waals surface area contributed by atoms with Crippen molar-refractivity contribution in [3.05, 3.63) is 35.4 Å². The Balaban J connectivity index is 1.55. The summed E-state index contributed by atoms with van der Waals surface area (Å²) in [6.07, 6.45) is 4.94. The third kappa shape index (κ3) is 2.93. The highest BCUT2D eigenvalue weighted by Gasteiger charge is 2.22. The molecule has 0 radical (unpaired) electrons. The van der Waals surface area contributed by atoms with Crippen LogP contribution in [0.15, 0.2) is 21.1 Å². The highest BCUT2D eigenvalue weighted by Crippen LogP contribution is 2.32. The zero-order valence-electron chi connectivity index (χ0n) is 12.1. The molecule has 0 aliphatic heterocycles. The van der Waals surface area contributed by atoms with Crippen LogP contribution in [0.2, 0.25) is 0 Å². The molecular formula is C15H21N3O2. The Hall–Kier alpha value is -1.62. The van der Waals surface area contributed by atoms with E-state index in [4.69, 9.17) is 8.94 Å². The summed E-state index contributed by atoms with van der Waals surface area (Å²) in [5.74, 6) is 3.88. The molecule has 3 rings (SSSR count). The molecule has 2 heterocycles. The van der Waals surface area contributed by atoms with Crippen LogP contribution in [0.25, 0.3) is 0 Å². The highest BCUT2D eigenvalue weighted by molar-refractivity contribution is 5.09. The summed E-state index contributed by atoms with van der Waals surface area (Å²) in [6.45, 7) is 4.58. The van der Waals surface area contributed by atoms with Gasteiger partial charge in [0.15, 0.2) is 5.82 Å². The second kappa shape index (κ2) is 5.79. The van der Waals surface area contributed by atoms with Gasteiger partial charge in [-0.25, -0.2) is 0 Å². The molecule has 1 aliphatic carbocycles. The van der Waals surface area contributed by atoms with Crippen molar-refractivity contribution in [1.29, 1.82) is 0 Å². The maximum Gasteiger partial charge on any atom is 0.240 e. The van der Waals surface area contributed by atoms with Gasteiger partial charge in [0.2, 0.25) is 5.89 Å². The van der Waals surface area contributed by atoms with Gasteiger partial charge in [-0.2, -0.15) is 4.98 Å². The topological polar surface area (TPSA) is 64.1 Å². The molecule has 1 unspecified atom stereocenters. The van der Waals surface area contributed by atoms with E-state index in [9.17, 15) is 0 Å². The maximum absolute atomic E-state index is 5.59. The van der Waals surface area contributed by atoms with Gasteiger partial charge in [0.25, 0.3) is 0 Å². The van der Waals surface area contributed by atoms with Gasteiger partial charge < -0.3 is 8.94 Å². The summed E-state index contributed by atoms with van der Waals surface area (Å²) in [5.41, 5.74) is 0. The standard InChI is InChI=1S/C15H21N3O2/c1-10-7-8-13(19-10)11(2)16-9-14-17-15(18-20-14)12-5-3-4-6-12/h7-8,11-12,16H,3-6,9H2,1-2H3. The average molecular weight is 275 g/mol. The summed E-state index contributed by atoms with van der Waals surface area (Å²) >= 11 is 0. The maximum atomic E-state index is 5.59. The van der Waals surface area contributed by atoms with E-state index in [1.54, 1.807) is 0 Å². The Morgan fingerprint density at radius 1 is 1.35 bits per heavy atom. The summed E-state index contributed by atoms with van der Waals surface area (Å²) in [4.78, 5) is 4.49. The summed E-state index contributed by atoms with van der Waals surface area (Å²) in [5, 5.41) is 7.45. The molecule has 1 fully saturated rings. The Bertz CT molecular complexity index is 555. The minimum Gasteiger partial charge on any atom is -0.465 e. The molecule has 1 N–H and O–H groups in total. The second-order valence-electron chi connectivity index (χ2n) is 5.58. The van der Waals surface area contributed by atoms with Crippen molar-refractivity contribution in [1.82, 2.24) is 15.5 Å². The first-order valence-electron chi connectivity index (χ1n) is 7.34. The van der Waals surface area contributed by atoms with Gasteiger partial charge in [-0.15, -0.1) is 0 Å². The van der Waals surface area contributed by atoms with Crippen LogP contribution in [0.4, 0.5) is 0 Å². The van der Waals surface area contributed by atoms with Crippen molar-refractivity contribution in [3.63, 3.8) is 0 Å². The van der Waals surface area contributed by atoms with Gasteiger partial charge in [0.05, 0.1) is 12.6 Å². The Labute approximate surface area is 118 Å². The van der Waals surface area contributed by atoms with Crippen LogP contribution >= 0.6 is 0 Å². The number of furan rings is 1. The number of hydrogen-bond acceptors (Lipinski definition) is 5. The van der Waals surface area contributed by atoms with E-state index in [0.29, 0.717) is 18.4 Å². The lowest BCUT2D eigenvalue weighted by atomic mass is 10.1. The van der Waals surface area contributed by atoms with Crippen molar-refractivity contribution in [2.24, 2.45) is 0 Å². The smallest absolute Gasteiger partial charge is 0.240 e. The van der Waals surface area contributed by atoms with Crippen LogP contribution < -0.4 is 5.32 Å². The molecule has 0 bridgehead atoms. The molecule has 0 aromatic carbocycles. The van der Waals surface area contributed by atoms with Crippen LogP contribution in [0, 0.1) is 6.92 Å². The van der Waals surface area contributed by atoms with Gasteiger partial charge >= 0.3 is 0 Å². The van der Waals surface area contributed by atoms with E-state index in [0.717, 1.165) is 17.3 Å². The molecule has 0 spiro atoms. The quantitative estimate of drug-likeness (QED) is 0.905. The summed E-state index contributed by atoms with van der Waals surface area (Å²) < 4.78 is 10.9.